The van der Waals surface area contributed by atoms with Gasteiger partial charge in [-0.25, -0.2) is 0 Å². The molecule has 2 aromatic rings. The molecular formula is C19H18Cl2N2O2S. The Balaban J connectivity index is 1.93. The molecule has 1 amide bonds. The van der Waals surface area contributed by atoms with Crippen LogP contribution >= 0.6 is 35.4 Å². The average molecular weight is 409 g/mol. The van der Waals surface area contributed by atoms with Crippen molar-refractivity contribution in [3.05, 3.63) is 63.6 Å². The van der Waals surface area contributed by atoms with Crippen LogP contribution in [0.1, 0.15) is 30.9 Å². The standard InChI is InChI=1S/C19H18Cl2N2O2S/c1-11(2)13-6-3-12(4-7-13)5-8-17(24)23-19(26)22-14-9-15(20)18(25)16(21)10-14/h3-11,25H,1-2H3,(H2,22,23,24,26)/b8-5+. The minimum absolute atomic E-state index is 0.0823. The van der Waals surface area contributed by atoms with Crippen LogP contribution in [0.2, 0.25) is 10.0 Å². The molecule has 3 N–H and O–H groups in total. The van der Waals surface area contributed by atoms with E-state index in [1.54, 1.807) is 6.08 Å². The van der Waals surface area contributed by atoms with Crippen molar-refractivity contribution in [3.8, 4) is 5.75 Å². The lowest BCUT2D eigenvalue weighted by atomic mass is 10.0. The Morgan fingerprint density at radius 2 is 1.73 bits per heavy atom. The molecule has 0 aliphatic heterocycles. The molecule has 26 heavy (non-hydrogen) atoms. The van der Waals surface area contributed by atoms with Crippen LogP contribution in [0.15, 0.2) is 42.5 Å². The van der Waals surface area contributed by atoms with E-state index in [0.717, 1.165) is 5.56 Å². The van der Waals surface area contributed by atoms with E-state index < -0.39 is 0 Å². The largest absolute Gasteiger partial charge is 0.505 e. The van der Waals surface area contributed by atoms with Gasteiger partial charge >= 0.3 is 0 Å². The van der Waals surface area contributed by atoms with Crippen LogP contribution in [-0.4, -0.2) is 16.1 Å². The van der Waals surface area contributed by atoms with Crippen molar-refractivity contribution in [2.24, 2.45) is 0 Å². The number of carbonyl (C=O) groups is 1. The predicted molar refractivity (Wildman–Crippen MR) is 112 cm³/mol. The summed E-state index contributed by atoms with van der Waals surface area (Å²) in [7, 11) is 0. The minimum atomic E-state index is -0.369. The fraction of sp³-hybridized carbons (Fsp3) is 0.158. The fourth-order valence-corrected chi connectivity index (χ4v) is 2.82. The van der Waals surface area contributed by atoms with E-state index in [4.69, 9.17) is 35.4 Å². The number of carbonyl (C=O) groups excluding carboxylic acids is 1. The number of phenols is 1. The van der Waals surface area contributed by atoms with E-state index in [2.05, 4.69) is 24.5 Å². The van der Waals surface area contributed by atoms with Gasteiger partial charge in [-0.3, -0.25) is 10.1 Å². The lowest BCUT2D eigenvalue weighted by Gasteiger charge is -2.10. The zero-order valence-electron chi connectivity index (χ0n) is 14.2. The molecule has 0 radical (unpaired) electrons. The van der Waals surface area contributed by atoms with Crippen molar-refractivity contribution < 1.29 is 9.90 Å². The number of aromatic hydroxyl groups is 1. The Bertz CT molecular complexity index is 826. The molecule has 0 bridgehead atoms. The third kappa shape index (κ3) is 5.73. The molecule has 7 heteroatoms. The molecule has 0 atom stereocenters. The number of amides is 1. The number of hydrogen-bond acceptors (Lipinski definition) is 3. The maximum Gasteiger partial charge on any atom is 0.250 e. The smallest absolute Gasteiger partial charge is 0.250 e. The Morgan fingerprint density at radius 1 is 1.15 bits per heavy atom. The lowest BCUT2D eigenvalue weighted by molar-refractivity contribution is -0.115. The van der Waals surface area contributed by atoms with Crippen LogP contribution in [0.25, 0.3) is 6.08 Å². The molecule has 0 fully saturated rings. The molecule has 2 aromatic carbocycles. The average Bonchev–Trinajstić information content (AvgIpc) is 2.58. The van der Waals surface area contributed by atoms with Gasteiger partial charge in [-0.15, -0.1) is 0 Å². The highest BCUT2D eigenvalue weighted by molar-refractivity contribution is 7.80. The number of anilines is 1. The molecule has 0 aliphatic rings. The SMILES string of the molecule is CC(C)c1ccc(/C=C/C(=O)NC(=S)Nc2cc(Cl)c(O)c(Cl)c2)cc1. The van der Waals surface area contributed by atoms with Gasteiger partial charge in [0, 0.05) is 11.8 Å². The summed E-state index contributed by atoms with van der Waals surface area (Å²) in [6.45, 7) is 4.25. The second-order valence-corrected chi connectivity index (χ2v) is 7.11. The second-order valence-electron chi connectivity index (χ2n) is 5.89. The maximum atomic E-state index is 12.0. The molecule has 0 spiro atoms. The van der Waals surface area contributed by atoms with E-state index in [1.165, 1.54) is 23.8 Å². The van der Waals surface area contributed by atoms with E-state index >= 15 is 0 Å². The van der Waals surface area contributed by atoms with Gasteiger partial charge in [0.15, 0.2) is 10.9 Å². The van der Waals surface area contributed by atoms with Crippen LogP contribution in [0.3, 0.4) is 0 Å². The Morgan fingerprint density at radius 3 is 2.27 bits per heavy atom. The molecule has 136 valence electrons. The lowest BCUT2D eigenvalue weighted by Crippen LogP contribution is -2.32. The van der Waals surface area contributed by atoms with Crippen molar-refractivity contribution in [2.45, 2.75) is 19.8 Å². The number of phenolic OH excluding ortho intramolecular Hbond substituents is 1. The zero-order chi connectivity index (χ0) is 19.3. The number of thiocarbonyl (C=S) groups is 1. The van der Waals surface area contributed by atoms with E-state index in [-0.39, 0.29) is 26.8 Å². The number of rotatable bonds is 4. The third-order valence-corrected chi connectivity index (χ3v) is 4.32. The van der Waals surface area contributed by atoms with E-state index in [9.17, 15) is 9.90 Å². The summed E-state index contributed by atoms with van der Waals surface area (Å²) in [6.07, 6.45) is 3.10. The van der Waals surface area contributed by atoms with Gasteiger partial charge in [0.25, 0.3) is 0 Å². The van der Waals surface area contributed by atoms with E-state index in [1.807, 2.05) is 24.3 Å². The molecule has 0 unspecified atom stereocenters. The van der Waals surface area contributed by atoms with Crippen molar-refractivity contribution in [3.63, 3.8) is 0 Å². The number of benzene rings is 2. The highest BCUT2D eigenvalue weighted by Crippen LogP contribution is 2.34. The van der Waals surface area contributed by atoms with Crippen molar-refractivity contribution in [1.29, 1.82) is 0 Å². The van der Waals surface area contributed by atoms with Gasteiger partial charge in [0.1, 0.15) is 0 Å². The molecule has 0 aliphatic carbocycles. The van der Waals surface area contributed by atoms with Gasteiger partial charge in [-0.05, 0) is 47.5 Å². The Hall–Kier alpha value is -2.08. The second kappa shape index (κ2) is 9.03. The number of hydrogen-bond donors (Lipinski definition) is 3. The quantitative estimate of drug-likeness (QED) is 0.362. The molecule has 2 rings (SSSR count). The highest BCUT2D eigenvalue weighted by atomic mass is 35.5. The molecule has 0 saturated carbocycles. The monoisotopic (exact) mass is 408 g/mol. The molecular weight excluding hydrogens is 391 g/mol. The van der Waals surface area contributed by atoms with E-state index in [0.29, 0.717) is 11.6 Å². The third-order valence-electron chi connectivity index (χ3n) is 3.54. The van der Waals surface area contributed by atoms with Gasteiger partial charge in [0.2, 0.25) is 5.91 Å². The summed E-state index contributed by atoms with van der Waals surface area (Å²) >= 11 is 16.8. The zero-order valence-corrected chi connectivity index (χ0v) is 16.5. The first kappa shape index (κ1) is 20.2. The van der Waals surface area contributed by atoms with Crippen LogP contribution in [-0.2, 0) is 4.79 Å². The van der Waals surface area contributed by atoms with Crippen molar-refractivity contribution >= 4 is 58.2 Å². The van der Waals surface area contributed by atoms with Gasteiger partial charge in [0.05, 0.1) is 10.0 Å². The fourth-order valence-electron chi connectivity index (χ4n) is 2.12. The van der Waals surface area contributed by atoms with Gasteiger partial charge in [-0.1, -0.05) is 61.3 Å². The van der Waals surface area contributed by atoms with Crippen molar-refractivity contribution in [2.75, 3.05) is 5.32 Å². The number of halogens is 2. The summed E-state index contributed by atoms with van der Waals surface area (Å²) in [5.74, 6) is -0.117. The van der Waals surface area contributed by atoms with Gasteiger partial charge < -0.3 is 10.4 Å². The van der Waals surface area contributed by atoms with Crippen LogP contribution in [0.4, 0.5) is 5.69 Å². The Kier molecular flexibility index (Phi) is 7.03. The summed E-state index contributed by atoms with van der Waals surface area (Å²) in [4.78, 5) is 12.0. The summed E-state index contributed by atoms with van der Waals surface area (Å²) in [5, 5.41) is 15.1. The normalized spacial score (nSPS) is 11.0. The number of nitrogens with one attached hydrogen (secondary N) is 2. The Labute approximate surface area is 167 Å². The van der Waals surface area contributed by atoms with Crippen LogP contribution in [0.5, 0.6) is 5.75 Å². The predicted octanol–water partition coefficient (Wildman–Crippen LogP) is 5.35. The molecule has 0 saturated heterocycles. The summed E-state index contributed by atoms with van der Waals surface area (Å²) < 4.78 is 0. The summed E-state index contributed by atoms with van der Waals surface area (Å²) in [5.41, 5.74) is 2.61. The highest BCUT2D eigenvalue weighted by Gasteiger charge is 2.08. The minimum Gasteiger partial charge on any atom is -0.505 e. The topological polar surface area (TPSA) is 61.4 Å². The van der Waals surface area contributed by atoms with Crippen LogP contribution in [0, 0.1) is 0 Å². The molecule has 0 aromatic heterocycles. The van der Waals surface area contributed by atoms with Crippen LogP contribution < -0.4 is 10.6 Å². The maximum absolute atomic E-state index is 12.0. The molecule has 4 nitrogen and oxygen atoms in total. The first-order valence-corrected chi connectivity index (χ1v) is 9.00. The van der Waals surface area contributed by atoms with Crippen molar-refractivity contribution in [1.82, 2.24) is 5.32 Å². The summed E-state index contributed by atoms with van der Waals surface area (Å²) in [6, 6.07) is 10.9. The molecule has 0 heterocycles. The van der Waals surface area contributed by atoms with Gasteiger partial charge in [-0.2, -0.15) is 0 Å². The first-order chi connectivity index (χ1) is 12.3. The first-order valence-electron chi connectivity index (χ1n) is 7.84.